The molecule has 0 radical (unpaired) electrons. The van der Waals surface area contributed by atoms with Crippen molar-refractivity contribution in [3.8, 4) is 0 Å². The Kier molecular flexibility index (Phi) is 3.48. The van der Waals surface area contributed by atoms with Crippen LogP contribution in [-0.2, 0) is 0 Å². The average molecular weight is 241 g/mol. The Labute approximate surface area is 86.7 Å². The molecule has 0 aromatic carbocycles. The van der Waals surface area contributed by atoms with Crippen LogP contribution >= 0.6 is 15.9 Å². The minimum absolute atomic E-state index is 0.991. The monoisotopic (exact) mass is 240 g/mol. The number of halogens is 1. The number of nitrogens with zero attached hydrogens (tertiary/aromatic N) is 2. The molecule has 0 bridgehead atoms. The Morgan fingerprint density at radius 3 is 2.69 bits per heavy atom. The lowest BCUT2D eigenvalue weighted by molar-refractivity contribution is 1.06. The fourth-order valence-corrected chi connectivity index (χ4v) is 1.40. The largest absolute Gasteiger partial charge is 0.305 e. The van der Waals surface area contributed by atoms with Crippen LogP contribution in [0.4, 0.5) is 0 Å². The molecule has 2 aromatic rings. The van der Waals surface area contributed by atoms with Crippen molar-refractivity contribution in [2.75, 3.05) is 0 Å². The minimum Gasteiger partial charge on any atom is -0.305 e. The van der Waals surface area contributed by atoms with Gasteiger partial charge in [-0.1, -0.05) is 13.8 Å². The smallest absolute Gasteiger partial charge is 0.136 e. The summed E-state index contributed by atoms with van der Waals surface area (Å²) in [5, 5.41) is 0. The van der Waals surface area contributed by atoms with Crippen LogP contribution in [0.5, 0.6) is 0 Å². The summed E-state index contributed by atoms with van der Waals surface area (Å²) >= 11 is 3.37. The van der Waals surface area contributed by atoms with Crippen LogP contribution in [-0.4, -0.2) is 9.38 Å². The normalized spacial score (nSPS) is 9.54. The first-order chi connectivity index (χ1) is 6.27. The SMILES string of the molecule is CC.Cc1ccc2ncc(Br)cn12. The molecule has 0 spiro atoms. The van der Waals surface area contributed by atoms with Gasteiger partial charge in [-0.2, -0.15) is 0 Å². The third kappa shape index (κ3) is 2.10. The molecule has 0 fully saturated rings. The lowest BCUT2D eigenvalue weighted by Gasteiger charge is -1.96. The van der Waals surface area contributed by atoms with E-state index < -0.39 is 0 Å². The summed E-state index contributed by atoms with van der Waals surface area (Å²) in [7, 11) is 0. The number of hydrogen-bond acceptors (Lipinski definition) is 1. The van der Waals surface area contributed by atoms with Crippen molar-refractivity contribution >= 4 is 21.6 Å². The average Bonchev–Trinajstić information content (AvgIpc) is 2.52. The molecular weight excluding hydrogens is 228 g/mol. The van der Waals surface area contributed by atoms with E-state index in [2.05, 4.69) is 33.9 Å². The molecule has 2 heterocycles. The molecule has 0 amide bonds. The Morgan fingerprint density at radius 1 is 1.31 bits per heavy atom. The van der Waals surface area contributed by atoms with E-state index in [4.69, 9.17) is 0 Å². The second-order valence-electron chi connectivity index (χ2n) is 2.48. The van der Waals surface area contributed by atoms with Gasteiger partial charge in [-0.3, -0.25) is 0 Å². The molecule has 2 aromatic heterocycles. The molecule has 0 N–H and O–H groups in total. The summed E-state index contributed by atoms with van der Waals surface area (Å²) in [6.45, 7) is 6.06. The van der Waals surface area contributed by atoms with Crippen molar-refractivity contribution in [3.63, 3.8) is 0 Å². The van der Waals surface area contributed by atoms with Crippen LogP contribution in [0, 0.1) is 6.92 Å². The molecular formula is C10H13BrN2. The molecule has 70 valence electrons. The van der Waals surface area contributed by atoms with Gasteiger partial charge in [-0.05, 0) is 35.0 Å². The predicted molar refractivity (Wildman–Crippen MR) is 59.0 cm³/mol. The van der Waals surface area contributed by atoms with Crippen molar-refractivity contribution in [1.82, 2.24) is 9.38 Å². The van der Waals surface area contributed by atoms with Gasteiger partial charge in [0, 0.05) is 18.1 Å². The quantitative estimate of drug-likeness (QED) is 0.690. The molecule has 0 unspecified atom stereocenters. The number of hydrogen-bond donors (Lipinski definition) is 0. The van der Waals surface area contributed by atoms with Crippen molar-refractivity contribution in [2.45, 2.75) is 20.8 Å². The Hall–Kier alpha value is -0.830. The minimum atomic E-state index is 0.991. The van der Waals surface area contributed by atoms with Gasteiger partial charge in [0.1, 0.15) is 5.65 Å². The fourth-order valence-electron chi connectivity index (χ4n) is 1.09. The van der Waals surface area contributed by atoms with Crippen LogP contribution < -0.4 is 0 Å². The zero-order valence-electron chi connectivity index (χ0n) is 8.08. The summed E-state index contributed by atoms with van der Waals surface area (Å²) in [4.78, 5) is 4.22. The summed E-state index contributed by atoms with van der Waals surface area (Å²) in [6.07, 6.45) is 3.81. The number of rotatable bonds is 0. The van der Waals surface area contributed by atoms with Crippen LogP contribution in [0.2, 0.25) is 0 Å². The molecule has 0 saturated heterocycles. The van der Waals surface area contributed by atoms with Crippen LogP contribution in [0.3, 0.4) is 0 Å². The van der Waals surface area contributed by atoms with Gasteiger partial charge in [0.05, 0.1) is 4.47 Å². The topological polar surface area (TPSA) is 17.3 Å². The molecule has 13 heavy (non-hydrogen) atoms. The van der Waals surface area contributed by atoms with Crippen LogP contribution in [0.1, 0.15) is 19.5 Å². The summed E-state index contributed by atoms with van der Waals surface area (Å²) in [5.41, 5.74) is 2.19. The molecule has 0 aliphatic heterocycles. The standard InChI is InChI=1S/C8H7BrN2.C2H6/c1-6-2-3-8-10-4-7(9)5-11(6)8;1-2/h2-5H,1H3;1-2H3. The van der Waals surface area contributed by atoms with Gasteiger partial charge in [0.15, 0.2) is 0 Å². The zero-order valence-corrected chi connectivity index (χ0v) is 9.67. The molecule has 0 saturated carbocycles. The van der Waals surface area contributed by atoms with Gasteiger partial charge < -0.3 is 4.40 Å². The number of aryl methyl sites for hydroxylation is 1. The van der Waals surface area contributed by atoms with Gasteiger partial charge in [-0.25, -0.2) is 4.98 Å². The summed E-state index contributed by atoms with van der Waals surface area (Å²) in [5.74, 6) is 0. The van der Waals surface area contributed by atoms with Gasteiger partial charge in [0.25, 0.3) is 0 Å². The van der Waals surface area contributed by atoms with Gasteiger partial charge >= 0.3 is 0 Å². The molecule has 0 atom stereocenters. The van der Waals surface area contributed by atoms with Gasteiger partial charge in [-0.15, -0.1) is 0 Å². The Morgan fingerprint density at radius 2 is 2.00 bits per heavy atom. The van der Waals surface area contributed by atoms with Crippen molar-refractivity contribution in [3.05, 3.63) is 34.7 Å². The van der Waals surface area contributed by atoms with E-state index in [0.717, 1.165) is 10.1 Å². The first-order valence-corrected chi connectivity index (χ1v) is 5.16. The van der Waals surface area contributed by atoms with E-state index in [1.165, 1.54) is 5.69 Å². The number of fused-ring (bicyclic) bond motifs is 1. The maximum Gasteiger partial charge on any atom is 0.136 e. The second kappa shape index (κ2) is 4.42. The van der Waals surface area contributed by atoms with E-state index in [9.17, 15) is 0 Å². The van der Waals surface area contributed by atoms with Crippen molar-refractivity contribution in [1.29, 1.82) is 0 Å². The summed E-state index contributed by atoms with van der Waals surface area (Å²) in [6, 6.07) is 4.05. The highest BCUT2D eigenvalue weighted by molar-refractivity contribution is 9.10. The molecule has 2 rings (SSSR count). The highest BCUT2D eigenvalue weighted by atomic mass is 79.9. The van der Waals surface area contributed by atoms with Crippen LogP contribution in [0.25, 0.3) is 5.65 Å². The highest BCUT2D eigenvalue weighted by Crippen LogP contribution is 2.11. The van der Waals surface area contributed by atoms with E-state index in [0.29, 0.717) is 0 Å². The molecule has 0 aliphatic carbocycles. The number of aromatic nitrogens is 2. The zero-order chi connectivity index (χ0) is 9.84. The van der Waals surface area contributed by atoms with Crippen molar-refractivity contribution in [2.24, 2.45) is 0 Å². The molecule has 0 aliphatic rings. The van der Waals surface area contributed by atoms with E-state index >= 15 is 0 Å². The third-order valence-electron chi connectivity index (χ3n) is 1.67. The molecule has 3 heteroatoms. The maximum atomic E-state index is 4.22. The first-order valence-electron chi connectivity index (χ1n) is 4.36. The van der Waals surface area contributed by atoms with Gasteiger partial charge in [0.2, 0.25) is 0 Å². The highest BCUT2D eigenvalue weighted by Gasteiger charge is 1.96. The van der Waals surface area contributed by atoms with E-state index in [1.54, 1.807) is 6.20 Å². The first kappa shape index (κ1) is 10.3. The molecule has 2 nitrogen and oxygen atoms in total. The lowest BCUT2D eigenvalue weighted by Crippen LogP contribution is -1.88. The lowest BCUT2D eigenvalue weighted by atomic mass is 10.5. The van der Waals surface area contributed by atoms with Crippen molar-refractivity contribution < 1.29 is 0 Å². The third-order valence-corrected chi connectivity index (χ3v) is 2.08. The van der Waals surface area contributed by atoms with Crippen LogP contribution in [0.15, 0.2) is 29.0 Å². The maximum absolute atomic E-state index is 4.22. The Bertz CT molecular complexity index is 393. The van der Waals surface area contributed by atoms with E-state index in [1.807, 2.05) is 30.5 Å². The predicted octanol–water partition coefficient (Wildman–Crippen LogP) is 3.43. The second-order valence-corrected chi connectivity index (χ2v) is 3.39. The summed E-state index contributed by atoms with van der Waals surface area (Å²) < 4.78 is 3.05. The van der Waals surface area contributed by atoms with E-state index in [-0.39, 0.29) is 0 Å². The Balaban J connectivity index is 0.000000396. The fraction of sp³-hybridized carbons (Fsp3) is 0.300.